The second kappa shape index (κ2) is 5.87. The lowest BCUT2D eigenvalue weighted by atomic mass is 9.86. The van der Waals surface area contributed by atoms with Crippen molar-refractivity contribution in [3.05, 3.63) is 63.0 Å². The number of hydrogen-bond donors (Lipinski definition) is 1. The summed E-state index contributed by atoms with van der Waals surface area (Å²) in [5.74, 6) is -0.863. The molecule has 0 aliphatic heterocycles. The molecule has 2 heterocycles. The monoisotopic (exact) mass is 335 g/mol. The zero-order valence-electron chi connectivity index (χ0n) is 13.4. The van der Waals surface area contributed by atoms with E-state index in [0.717, 1.165) is 47.0 Å². The molecule has 1 N–H and O–H groups in total. The van der Waals surface area contributed by atoms with Gasteiger partial charge in [-0.2, -0.15) is 0 Å². The number of nitrogens with zero attached hydrogens (tertiary/aromatic N) is 1. The Hall–Kier alpha value is -2.46. The molecule has 0 amide bonds. The van der Waals surface area contributed by atoms with Crippen molar-refractivity contribution < 1.29 is 9.90 Å². The number of para-hydroxylation sites is 1. The van der Waals surface area contributed by atoms with Crippen LogP contribution >= 0.6 is 11.3 Å². The smallest absolute Gasteiger partial charge is 0.336 e. The van der Waals surface area contributed by atoms with Gasteiger partial charge in [-0.1, -0.05) is 18.2 Å². The van der Waals surface area contributed by atoms with Crippen LogP contribution in [0.1, 0.15) is 44.9 Å². The maximum Gasteiger partial charge on any atom is 0.336 e. The van der Waals surface area contributed by atoms with E-state index in [2.05, 4.69) is 24.4 Å². The molecular formula is C20H17NO2S. The molecule has 0 saturated carbocycles. The molecule has 24 heavy (non-hydrogen) atoms. The number of thiophene rings is 1. The van der Waals surface area contributed by atoms with Crippen LogP contribution in [0.2, 0.25) is 0 Å². The summed E-state index contributed by atoms with van der Waals surface area (Å²) in [6.45, 7) is 2.10. The highest BCUT2D eigenvalue weighted by Gasteiger charge is 2.24. The quantitative estimate of drug-likeness (QED) is 0.702. The number of hydrogen-bond acceptors (Lipinski definition) is 3. The minimum absolute atomic E-state index is 0.420. The molecule has 0 saturated heterocycles. The fourth-order valence-corrected chi connectivity index (χ4v) is 4.29. The Bertz CT molecular complexity index is 984. The summed E-state index contributed by atoms with van der Waals surface area (Å²) in [6.07, 6.45) is 4.86. The first kappa shape index (κ1) is 15.1. The molecule has 3 aromatic rings. The largest absolute Gasteiger partial charge is 0.478 e. The zero-order chi connectivity index (χ0) is 16.7. The van der Waals surface area contributed by atoms with Crippen LogP contribution < -0.4 is 0 Å². The Morgan fingerprint density at radius 1 is 1.25 bits per heavy atom. The van der Waals surface area contributed by atoms with Crippen LogP contribution in [0, 0.1) is 6.92 Å². The number of aryl methyl sites for hydroxylation is 1. The standard InChI is InChI=1S/C20H17NO2S/c1-12-9-10-24-17(12)11-13-5-4-7-15-18(20(22)23)14-6-2-3-8-16(14)21-19(13)15/h2-3,6,8-11H,4-5,7H2,1H3,(H,22,23). The lowest BCUT2D eigenvalue weighted by Crippen LogP contribution is -2.13. The number of carboxylic acid groups (broad SMARTS) is 1. The van der Waals surface area contributed by atoms with Crippen LogP contribution in [0.15, 0.2) is 35.7 Å². The van der Waals surface area contributed by atoms with E-state index in [4.69, 9.17) is 4.98 Å². The van der Waals surface area contributed by atoms with Crippen LogP contribution in [0.5, 0.6) is 0 Å². The maximum atomic E-state index is 11.9. The number of benzene rings is 1. The van der Waals surface area contributed by atoms with Gasteiger partial charge >= 0.3 is 5.97 Å². The Balaban J connectivity index is 2.00. The van der Waals surface area contributed by atoms with Gasteiger partial charge in [-0.15, -0.1) is 11.3 Å². The molecule has 0 fully saturated rings. The highest BCUT2D eigenvalue weighted by Crippen LogP contribution is 2.36. The first-order chi connectivity index (χ1) is 11.6. The second-order valence-electron chi connectivity index (χ2n) is 6.13. The molecule has 1 aliphatic rings. The normalized spacial score (nSPS) is 15.6. The average molecular weight is 335 g/mol. The van der Waals surface area contributed by atoms with E-state index in [0.29, 0.717) is 5.56 Å². The van der Waals surface area contributed by atoms with Gasteiger partial charge in [-0.05, 0) is 66.5 Å². The van der Waals surface area contributed by atoms with E-state index in [1.165, 1.54) is 10.4 Å². The number of rotatable bonds is 2. The van der Waals surface area contributed by atoms with E-state index in [1.54, 1.807) is 11.3 Å². The molecule has 1 aromatic carbocycles. The highest BCUT2D eigenvalue weighted by molar-refractivity contribution is 7.11. The van der Waals surface area contributed by atoms with Crippen molar-refractivity contribution in [1.82, 2.24) is 4.98 Å². The number of fused-ring (bicyclic) bond motifs is 2. The summed E-state index contributed by atoms with van der Waals surface area (Å²) in [5.41, 5.74) is 5.32. The number of allylic oxidation sites excluding steroid dienone is 1. The molecule has 0 radical (unpaired) electrons. The minimum atomic E-state index is -0.863. The van der Waals surface area contributed by atoms with E-state index >= 15 is 0 Å². The molecule has 0 spiro atoms. The summed E-state index contributed by atoms with van der Waals surface area (Å²) in [5, 5.41) is 12.6. The summed E-state index contributed by atoms with van der Waals surface area (Å²) < 4.78 is 0. The summed E-state index contributed by atoms with van der Waals surface area (Å²) in [4.78, 5) is 18.0. The van der Waals surface area contributed by atoms with Crippen molar-refractivity contribution in [3.8, 4) is 0 Å². The van der Waals surface area contributed by atoms with Crippen LogP contribution in [0.25, 0.3) is 22.6 Å². The predicted octanol–water partition coefficient (Wildman–Crippen LogP) is 5.18. The van der Waals surface area contributed by atoms with E-state index in [-0.39, 0.29) is 0 Å². The van der Waals surface area contributed by atoms with Gasteiger partial charge in [0.05, 0.1) is 16.8 Å². The first-order valence-corrected chi connectivity index (χ1v) is 8.93. The summed E-state index contributed by atoms with van der Waals surface area (Å²) in [6, 6.07) is 9.63. The molecule has 0 atom stereocenters. The van der Waals surface area contributed by atoms with E-state index in [9.17, 15) is 9.90 Å². The lowest BCUT2D eigenvalue weighted by molar-refractivity contribution is 0.0697. The molecule has 4 heteroatoms. The molecule has 3 nitrogen and oxygen atoms in total. The number of carboxylic acids is 1. The van der Waals surface area contributed by atoms with Crippen LogP contribution in [-0.4, -0.2) is 16.1 Å². The van der Waals surface area contributed by atoms with Gasteiger partial charge in [-0.25, -0.2) is 9.78 Å². The zero-order valence-corrected chi connectivity index (χ0v) is 14.2. The SMILES string of the molecule is Cc1ccsc1C=C1CCCc2c1nc1ccccc1c2C(=O)O. The Morgan fingerprint density at radius 3 is 2.83 bits per heavy atom. The van der Waals surface area contributed by atoms with Gasteiger partial charge in [0, 0.05) is 10.3 Å². The summed E-state index contributed by atoms with van der Waals surface area (Å²) in [7, 11) is 0. The molecule has 2 aromatic heterocycles. The third-order valence-electron chi connectivity index (χ3n) is 4.59. The van der Waals surface area contributed by atoms with Gasteiger partial charge in [0.1, 0.15) is 0 Å². The number of pyridine rings is 1. The van der Waals surface area contributed by atoms with Crippen LogP contribution in [0.3, 0.4) is 0 Å². The Kier molecular flexibility index (Phi) is 3.69. The molecule has 0 unspecified atom stereocenters. The van der Waals surface area contributed by atoms with Crippen molar-refractivity contribution in [3.63, 3.8) is 0 Å². The molecule has 1 aliphatic carbocycles. The molecule has 120 valence electrons. The summed E-state index contributed by atoms with van der Waals surface area (Å²) >= 11 is 1.71. The highest BCUT2D eigenvalue weighted by atomic mass is 32.1. The molecule has 0 bridgehead atoms. The fourth-order valence-electron chi connectivity index (χ4n) is 3.41. The van der Waals surface area contributed by atoms with Gasteiger partial charge in [0.15, 0.2) is 0 Å². The Labute approximate surface area is 144 Å². The Morgan fingerprint density at radius 2 is 2.08 bits per heavy atom. The van der Waals surface area contributed by atoms with Crippen molar-refractivity contribution in [2.75, 3.05) is 0 Å². The number of aromatic nitrogens is 1. The molecular weight excluding hydrogens is 318 g/mol. The topological polar surface area (TPSA) is 50.2 Å². The van der Waals surface area contributed by atoms with Gasteiger partial charge < -0.3 is 5.11 Å². The van der Waals surface area contributed by atoms with E-state index in [1.807, 2.05) is 24.3 Å². The first-order valence-electron chi connectivity index (χ1n) is 8.05. The van der Waals surface area contributed by atoms with Crippen molar-refractivity contribution >= 4 is 39.9 Å². The fraction of sp³-hybridized carbons (Fsp3) is 0.200. The van der Waals surface area contributed by atoms with Crippen LogP contribution in [-0.2, 0) is 6.42 Å². The van der Waals surface area contributed by atoms with Crippen LogP contribution in [0.4, 0.5) is 0 Å². The van der Waals surface area contributed by atoms with Crippen molar-refractivity contribution in [1.29, 1.82) is 0 Å². The van der Waals surface area contributed by atoms with Crippen molar-refractivity contribution in [2.24, 2.45) is 0 Å². The van der Waals surface area contributed by atoms with Crippen molar-refractivity contribution in [2.45, 2.75) is 26.2 Å². The maximum absolute atomic E-state index is 11.9. The lowest BCUT2D eigenvalue weighted by Gasteiger charge is -2.21. The minimum Gasteiger partial charge on any atom is -0.478 e. The van der Waals surface area contributed by atoms with Gasteiger partial charge in [0.2, 0.25) is 0 Å². The molecule has 4 rings (SSSR count). The van der Waals surface area contributed by atoms with Gasteiger partial charge in [-0.3, -0.25) is 0 Å². The number of carbonyl (C=O) groups is 1. The predicted molar refractivity (Wildman–Crippen MR) is 98.6 cm³/mol. The average Bonchev–Trinajstić information content (AvgIpc) is 2.98. The number of aromatic carboxylic acids is 1. The van der Waals surface area contributed by atoms with E-state index < -0.39 is 5.97 Å². The van der Waals surface area contributed by atoms with Gasteiger partial charge in [0.25, 0.3) is 0 Å². The third kappa shape index (κ3) is 2.43. The second-order valence-corrected chi connectivity index (χ2v) is 7.07. The third-order valence-corrected chi connectivity index (χ3v) is 5.56.